The Morgan fingerprint density at radius 3 is 1.97 bits per heavy atom. The summed E-state index contributed by atoms with van der Waals surface area (Å²) in [7, 11) is 0. The average molecular weight is 996 g/mol. The summed E-state index contributed by atoms with van der Waals surface area (Å²) in [5.41, 5.74) is 6.33. The van der Waals surface area contributed by atoms with E-state index in [9.17, 15) is 23.1 Å². The second-order valence-electron chi connectivity index (χ2n) is 19.4. The molecule has 323 valence electrons. The minimum Gasteiger partial charge on any atom is -0.512 e. The number of rotatable bonds is 10. The van der Waals surface area contributed by atoms with E-state index < -0.39 is 11.6 Å². The molecule has 4 aromatic carbocycles. The van der Waals surface area contributed by atoms with Gasteiger partial charge in [0.1, 0.15) is 0 Å². The fourth-order valence-electron chi connectivity index (χ4n) is 9.87. The second-order valence-corrected chi connectivity index (χ2v) is 19.4. The van der Waals surface area contributed by atoms with Crippen LogP contribution in [0, 0.1) is 60.8 Å². The normalized spacial score (nSPS) is 13.3. The number of alkyl halides is 3. The molecule has 60 heavy (non-hydrogen) atoms. The molecule has 0 aliphatic heterocycles. The molecule has 7 aromatic rings. The van der Waals surface area contributed by atoms with Gasteiger partial charge in [-0.2, -0.15) is 13.2 Å². The van der Waals surface area contributed by atoms with Gasteiger partial charge in [-0.3, -0.25) is 9.78 Å². The van der Waals surface area contributed by atoms with Gasteiger partial charge in [0.2, 0.25) is 0 Å². The number of allylic oxidation sites excluding steroid dienone is 2. The number of hydrogen-bond acceptors (Lipinski definition) is 3. The third-order valence-corrected chi connectivity index (χ3v) is 12.7. The van der Waals surface area contributed by atoms with Crippen LogP contribution in [0.4, 0.5) is 13.2 Å². The molecule has 0 fully saturated rings. The van der Waals surface area contributed by atoms with Gasteiger partial charge >= 0.3 is 6.18 Å². The Balaban J connectivity index is 0.000000292. The molecule has 0 saturated heterocycles. The predicted molar refractivity (Wildman–Crippen MR) is 242 cm³/mol. The van der Waals surface area contributed by atoms with Gasteiger partial charge in [-0.1, -0.05) is 148 Å². The summed E-state index contributed by atoms with van der Waals surface area (Å²) >= 11 is 0. The van der Waals surface area contributed by atoms with E-state index in [0.717, 1.165) is 59.9 Å². The van der Waals surface area contributed by atoms with Crippen LogP contribution in [0.15, 0.2) is 66.6 Å². The van der Waals surface area contributed by atoms with Crippen LogP contribution in [0.25, 0.3) is 59.8 Å². The molecule has 1 N–H and O–H groups in total. The van der Waals surface area contributed by atoms with Crippen molar-refractivity contribution in [3.05, 3.63) is 94.9 Å². The van der Waals surface area contributed by atoms with Crippen LogP contribution in [-0.4, -0.2) is 26.5 Å². The molecule has 0 atom stereocenters. The van der Waals surface area contributed by atoms with E-state index in [1.54, 1.807) is 0 Å². The summed E-state index contributed by atoms with van der Waals surface area (Å²) in [6.45, 7) is 27.8. The summed E-state index contributed by atoms with van der Waals surface area (Å²) in [6.07, 6.45) is -1.05. The van der Waals surface area contributed by atoms with Gasteiger partial charge < -0.3 is 9.51 Å². The van der Waals surface area contributed by atoms with Crippen molar-refractivity contribution in [3.8, 4) is 0 Å². The number of carbonyl (C=O) groups is 1. The van der Waals surface area contributed by atoms with Gasteiger partial charge in [-0.05, 0) is 76.9 Å². The molecule has 3 heterocycles. The SMILES string of the molecule is CC(C)C(C(=O)/C=C(\O)C(C(C)C)C(C)C)C(C)C.Cc1cc(C(C)C)cc2[c-]c3c4nccc5ccc6c7ccc(CC(C)(C)C(F)(F)F)cc7n(c3c(C)c12)c6c54.[Ir]. The number of aryl methyl sites for hydroxylation is 2. The third-order valence-electron chi connectivity index (χ3n) is 12.7. The number of aliphatic hydroxyl groups excluding tert-OH is 1. The van der Waals surface area contributed by atoms with Gasteiger partial charge in [0, 0.05) is 71.5 Å². The maximum absolute atomic E-state index is 13.8. The summed E-state index contributed by atoms with van der Waals surface area (Å²) in [6, 6.07) is 20.3. The molecule has 0 bridgehead atoms. The molecule has 0 aliphatic carbocycles. The molecule has 7 rings (SSSR count). The number of ketones is 1. The Labute approximate surface area is 367 Å². The second kappa shape index (κ2) is 17.4. The van der Waals surface area contributed by atoms with Crippen LogP contribution >= 0.6 is 0 Å². The van der Waals surface area contributed by atoms with Crippen molar-refractivity contribution in [2.75, 3.05) is 0 Å². The smallest absolute Gasteiger partial charge is 0.394 e. The number of benzene rings is 4. The molecule has 1 radical (unpaired) electrons. The van der Waals surface area contributed by atoms with Gasteiger partial charge in [0.05, 0.1) is 11.2 Å². The predicted octanol–water partition coefficient (Wildman–Crippen LogP) is 15.1. The van der Waals surface area contributed by atoms with Crippen molar-refractivity contribution in [1.82, 2.24) is 9.38 Å². The van der Waals surface area contributed by atoms with Crippen LogP contribution in [-0.2, 0) is 31.3 Å². The van der Waals surface area contributed by atoms with Crippen LogP contribution in [0.5, 0.6) is 0 Å². The summed E-state index contributed by atoms with van der Waals surface area (Å²) in [5.74, 6) is 2.02. The van der Waals surface area contributed by atoms with Crippen molar-refractivity contribution < 1.29 is 43.2 Å². The van der Waals surface area contributed by atoms with Crippen LogP contribution < -0.4 is 0 Å². The van der Waals surface area contributed by atoms with Crippen LogP contribution in [0.1, 0.15) is 111 Å². The zero-order valence-corrected chi connectivity index (χ0v) is 40.1. The molecule has 8 heteroatoms. The molecule has 0 unspecified atom stereocenters. The minimum absolute atomic E-state index is 0. The quantitative estimate of drug-likeness (QED) is 0.0488. The van der Waals surface area contributed by atoms with E-state index in [1.165, 1.54) is 36.4 Å². The first-order valence-corrected chi connectivity index (χ1v) is 21.3. The molecular weight excluding hydrogens is 934 g/mol. The fraction of sp³-hybridized carbons (Fsp3) is 0.462. The Bertz CT molecular complexity index is 2700. The van der Waals surface area contributed by atoms with Gasteiger partial charge in [-0.25, -0.2) is 0 Å². The third kappa shape index (κ3) is 8.45. The molecular formula is C52H62F3IrN2O2-. The standard InChI is InChI=1S/C35H30F3N2.C17H32O2.Ir/c1-18(2)23-13-19(3)29-20(4)32-27(16-24(29)15-23)31-30-22(11-12-39-31)8-10-26-25-9-7-21(14-28(25)40(32)33(26)30)17-34(5,6)35(36,37)38;1-10(2)16(11(3)4)14(18)9-15(19)17(12(5)6)13(7)8;/h7-15,18H,17H2,1-6H3;9-13,16-18H,1-8H3;/q-1;;/b;14-9-;. The molecule has 4 nitrogen and oxygen atoms in total. The number of hydrogen-bond donors (Lipinski definition) is 1. The van der Waals surface area contributed by atoms with Crippen molar-refractivity contribution in [2.24, 2.45) is 40.9 Å². The van der Waals surface area contributed by atoms with Gasteiger partial charge in [0.25, 0.3) is 0 Å². The summed E-state index contributed by atoms with van der Waals surface area (Å²) < 4.78 is 43.7. The zero-order chi connectivity index (χ0) is 43.6. The van der Waals surface area contributed by atoms with E-state index in [4.69, 9.17) is 4.98 Å². The van der Waals surface area contributed by atoms with E-state index in [2.05, 4.69) is 118 Å². The summed E-state index contributed by atoms with van der Waals surface area (Å²) in [4.78, 5) is 17.2. The number of fused-ring (bicyclic) bond motifs is 7. The molecule has 3 aromatic heterocycles. The zero-order valence-electron chi connectivity index (χ0n) is 37.7. The Kier molecular flexibility index (Phi) is 13.6. The first-order valence-electron chi connectivity index (χ1n) is 21.3. The molecule has 0 aliphatic rings. The fourth-order valence-corrected chi connectivity index (χ4v) is 9.87. The van der Waals surface area contributed by atoms with Crippen molar-refractivity contribution in [2.45, 2.75) is 115 Å². The number of aromatic nitrogens is 2. The van der Waals surface area contributed by atoms with E-state index >= 15 is 0 Å². The first-order chi connectivity index (χ1) is 27.5. The van der Waals surface area contributed by atoms with Crippen molar-refractivity contribution in [3.63, 3.8) is 0 Å². The number of pyridine rings is 2. The van der Waals surface area contributed by atoms with Gasteiger partial charge in [0.15, 0.2) is 5.78 Å². The van der Waals surface area contributed by atoms with Crippen LogP contribution in [0.2, 0.25) is 0 Å². The average Bonchev–Trinajstić information content (AvgIpc) is 3.43. The van der Waals surface area contributed by atoms with Gasteiger partial charge in [-0.15, -0.1) is 17.5 Å². The molecule has 0 saturated carbocycles. The number of carbonyl (C=O) groups excluding carboxylic acids is 1. The van der Waals surface area contributed by atoms with Crippen LogP contribution in [0.3, 0.4) is 0 Å². The van der Waals surface area contributed by atoms with E-state index in [1.807, 2.05) is 30.5 Å². The number of aliphatic hydroxyl groups is 1. The summed E-state index contributed by atoms with van der Waals surface area (Å²) in [5, 5.41) is 17.7. The van der Waals surface area contributed by atoms with E-state index in [-0.39, 0.29) is 49.9 Å². The van der Waals surface area contributed by atoms with Crippen molar-refractivity contribution in [1.29, 1.82) is 0 Å². The maximum atomic E-state index is 13.8. The van der Waals surface area contributed by atoms with Crippen molar-refractivity contribution >= 4 is 65.6 Å². The van der Waals surface area contributed by atoms with E-state index in [0.29, 0.717) is 35.2 Å². The molecule has 0 spiro atoms. The maximum Gasteiger partial charge on any atom is 0.394 e. The Morgan fingerprint density at radius 2 is 1.40 bits per heavy atom. The Hall–Kier alpha value is -4.00. The monoisotopic (exact) mass is 996 g/mol. The topological polar surface area (TPSA) is 54.6 Å². The Morgan fingerprint density at radius 1 is 0.800 bits per heavy atom. The molecule has 0 amide bonds. The first kappa shape index (κ1) is 47.1. The number of nitrogens with zero attached hydrogens (tertiary/aromatic N) is 2. The largest absolute Gasteiger partial charge is 0.512 e. The minimum atomic E-state index is -4.29. The number of halogens is 3.